The maximum atomic E-state index is 13.2. The average molecular weight is 545 g/mol. The minimum absolute atomic E-state index is 0.0275. The highest BCUT2D eigenvalue weighted by Crippen LogP contribution is 2.36. The van der Waals surface area contributed by atoms with Gasteiger partial charge in [0.25, 0.3) is 5.91 Å². The van der Waals surface area contributed by atoms with Gasteiger partial charge in [-0.3, -0.25) is 4.79 Å². The molecular weight excluding hydrogens is 524 g/mol. The van der Waals surface area contributed by atoms with Crippen molar-refractivity contribution in [2.45, 2.75) is 32.7 Å². The minimum atomic E-state index is -5.01. The molecule has 0 aliphatic carbocycles. The molecule has 0 radical (unpaired) electrons. The Hall–Kier alpha value is -4.41. The van der Waals surface area contributed by atoms with Crippen LogP contribution in [0.4, 0.5) is 26.3 Å². The summed E-state index contributed by atoms with van der Waals surface area (Å²) in [5.74, 6) is -0.285. The topological polar surface area (TPSA) is 64.1 Å². The monoisotopic (exact) mass is 545 g/mol. The highest BCUT2D eigenvalue weighted by molar-refractivity contribution is 5.97. The van der Waals surface area contributed by atoms with Gasteiger partial charge in [-0.25, -0.2) is 4.98 Å². The van der Waals surface area contributed by atoms with Crippen LogP contribution in [0, 0.1) is 13.8 Å². The number of benzene rings is 3. The molecule has 0 atom stereocenters. The first kappa shape index (κ1) is 27.6. The lowest BCUT2D eigenvalue weighted by atomic mass is 10.0. The van der Waals surface area contributed by atoms with Crippen LogP contribution in [0.15, 0.2) is 72.8 Å². The summed E-state index contributed by atoms with van der Waals surface area (Å²) in [5.41, 5.74) is -1.86. The molecule has 1 heterocycles. The third-order valence-electron chi connectivity index (χ3n) is 5.72. The molecule has 0 saturated carbocycles. The highest BCUT2D eigenvalue weighted by atomic mass is 19.4. The van der Waals surface area contributed by atoms with Gasteiger partial charge in [-0.05, 0) is 49.2 Å². The summed E-state index contributed by atoms with van der Waals surface area (Å²) in [4.78, 5) is 22.0. The van der Waals surface area contributed by atoms with E-state index in [1.54, 1.807) is 61.5 Å². The van der Waals surface area contributed by atoms with E-state index in [1.165, 1.54) is 6.92 Å². The molecule has 1 N–H and O–H groups in total. The van der Waals surface area contributed by atoms with E-state index in [4.69, 9.17) is 4.74 Å². The molecule has 0 fully saturated rings. The fraction of sp³-hybridized carbons (Fsp3) is 0.179. The van der Waals surface area contributed by atoms with Crippen molar-refractivity contribution in [1.82, 2.24) is 15.3 Å². The third kappa shape index (κ3) is 6.54. The second-order valence-corrected chi connectivity index (χ2v) is 8.64. The van der Waals surface area contributed by atoms with Gasteiger partial charge in [0.1, 0.15) is 11.3 Å². The molecule has 0 aliphatic rings. The maximum Gasteiger partial charge on any atom is 0.416 e. The number of aryl methyl sites for hydroxylation is 2. The van der Waals surface area contributed by atoms with Crippen molar-refractivity contribution >= 4 is 5.91 Å². The number of ether oxygens (including phenoxy) is 1. The molecule has 5 nitrogen and oxygen atoms in total. The molecule has 1 amide bonds. The summed E-state index contributed by atoms with van der Waals surface area (Å²) >= 11 is 0. The van der Waals surface area contributed by atoms with Crippen molar-refractivity contribution in [3.63, 3.8) is 0 Å². The van der Waals surface area contributed by atoms with E-state index in [-0.39, 0.29) is 34.6 Å². The quantitative estimate of drug-likeness (QED) is 0.255. The smallest absolute Gasteiger partial charge is 0.416 e. The van der Waals surface area contributed by atoms with Crippen LogP contribution in [0.1, 0.15) is 38.3 Å². The predicted octanol–water partition coefficient (Wildman–Crippen LogP) is 7.52. The lowest BCUT2D eigenvalue weighted by Gasteiger charge is -2.16. The van der Waals surface area contributed by atoms with Gasteiger partial charge in [0.05, 0.1) is 16.8 Å². The van der Waals surface area contributed by atoms with E-state index < -0.39 is 35.9 Å². The molecule has 39 heavy (non-hydrogen) atoms. The van der Waals surface area contributed by atoms with Crippen molar-refractivity contribution < 1.29 is 35.9 Å². The Labute approximate surface area is 219 Å². The fourth-order valence-electron chi connectivity index (χ4n) is 3.77. The average Bonchev–Trinajstić information content (AvgIpc) is 2.88. The highest BCUT2D eigenvalue weighted by Gasteiger charge is 2.37. The van der Waals surface area contributed by atoms with E-state index in [2.05, 4.69) is 15.3 Å². The summed E-state index contributed by atoms with van der Waals surface area (Å²) in [6, 6.07) is 17.0. The first-order valence-electron chi connectivity index (χ1n) is 11.6. The number of carbonyl (C=O) groups is 1. The maximum absolute atomic E-state index is 13.2. The number of para-hydroxylation sites is 1. The van der Waals surface area contributed by atoms with Gasteiger partial charge < -0.3 is 10.1 Å². The van der Waals surface area contributed by atoms with Gasteiger partial charge in [-0.2, -0.15) is 31.3 Å². The number of rotatable bonds is 6. The van der Waals surface area contributed by atoms with Crippen molar-refractivity contribution in [2.75, 3.05) is 0 Å². The molecular formula is C28H21F6N3O2. The van der Waals surface area contributed by atoms with Crippen molar-refractivity contribution in [3.8, 4) is 23.0 Å². The van der Waals surface area contributed by atoms with Crippen molar-refractivity contribution in [1.29, 1.82) is 0 Å². The number of halogens is 6. The Kier molecular flexibility index (Phi) is 7.62. The largest absolute Gasteiger partial charge is 0.438 e. The second kappa shape index (κ2) is 10.8. The van der Waals surface area contributed by atoms with Crippen LogP contribution in [0.3, 0.4) is 0 Å². The number of hydrogen-bond donors (Lipinski definition) is 1. The van der Waals surface area contributed by atoms with Crippen LogP contribution in [-0.4, -0.2) is 15.9 Å². The van der Waals surface area contributed by atoms with Gasteiger partial charge >= 0.3 is 12.4 Å². The first-order valence-corrected chi connectivity index (χ1v) is 11.6. The molecule has 0 unspecified atom stereocenters. The molecule has 0 spiro atoms. The van der Waals surface area contributed by atoms with E-state index >= 15 is 0 Å². The number of amides is 1. The SMILES string of the molecule is Cc1ccccc1Oc1nc(-c2ccccc2)nc(C)c1C(=O)NCc1cc(C(F)(F)F)cc(C(F)(F)F)c1. The molecule has 202 valence electrons. The molecule has 0 bridgehead atoms. The summed E-state index contributed by atoms with van der Waals surface area (Å²) in [6.45, 7) is 2.70. The summed E-state index contributed by atoms with van der Waals surface area (Å²) in [7, 11) is 0. The molecule has 0 saturated heterocycles. The first-order chi connectivity index (χ1) is 18.3. The number of hydrogen-bond acceptors (Lipinski definition) is 4. The van der Waals surface area contributed by atoms with Crippen molar-refractivity contribution in [2.24, 2.45) is 0 Å². The lowest BCUT2D eigenvalue weighted by Crippen LogP contribution is -2.25. The standard InChI is InChI=1S/C28H21F6N3O2/c1-16-8-6-7-11-22(16)39-26-23(17(2)36-24(37-26)19-9-4-3-5-10-19)25(38)35-15-18-12-20(27(29,30)31)14-21(13-18)28(32,33)34/h3-14H,15H2,1-2H3,(H,35,38). The summed E-state index contributed by atoms with van der Waals surface area (Å²) in [5, 5.41) is 2.38. The van der Waals surface area contributed by atoms with Gasteiger partial charge in [-0.1, -0.05) is 48.5 Å². The van der Waals surface area contributed by atoms with E-state index in [9.17, 15) is 31.1 Å². The summed E-state index contributed by atoms with van der Waals surface area (Å²) in [6.07, 6.45) is -10.0. The molecule has 4 rings (SSSR count). The number of carbonyl (C=O) groups excluding carboxylic acids is 1. The Morgan fingerprint density at radius 1 is 0.821 bits per heavy atom. The normalized spacial score (nSPS) is 11.8. The van der Waals surface area contributed by atoms with Crippen LogP contribution in [0.25, 0.3) is 11.4 Å². The second-order valence-electron chi connectivity index (χ2n) is 8.64. The predicted molar refractivity (Wildman–Crippen MR) is 131 cm³/mol. The summed E-state index contributed by atoms with van der Waals surface area (Å²) < 4.78 is 85.4. The zero-order chi connectivity index (χ0) is 28.4. The Morgan fingerprint density at radius 2 is 1.41 bits per heavy atom. The third-order valence-corrected chi connectivity index (χ3v) is 5.72. The van der Waals surface area contributed by atoms with E-state index in [0.29, 0.717) is 23.4 Å². The minimum Gasteiger partial charge on any atom is -0.438 e. The molecule has 1 aromatic heterocycles. The van der Waals surface area contributed by atoms with Crippen LogP contribution in [-0.2, 0) is 18.9 Å². The molecule has 3 aromatic carbocycles. The Morgan fingerprint density at radius 3 is 2.00 bits per heavy atom. The van der Waals surface area contributed by atoms with Crippen LogP contribution in [0.5, 0.6) is 11.6 Å². The van der Waals surface area contributed by atoms with Gasteiger partial charge in [-0.15, -0.1) is 0 Å². The Balaban J connectivity index is 1.70. The van der Waals surface area contributed by atoms with E-state index in [0.717, 1.165) is 5.56 Å². The van der Waals surface area contributed by atoms with Gasteiger partial charge in [0.15, 0.2) is 5.82 Å². The number of nitrogens with one attached hydrogen (secondary N) is 1. The van der Waals surface area contributed by atoms with Crippen LogP contribution < -0.4 is 10.1 Å². The van der Waals surface area contributed by atoms with Crippen molar-refractivity contribution in [3.05, 3.63) is 106 Å². The number of alkyl halides is 6. The molecule has 11 heteroatoms. The number of aromatic nitrogens is 2. The zero-order valence-electron chi connectivity index (χ0n) is 20.6. The van der Waals surface area contributed by atoms with E-state index in [1.807, 2.05) is 0 Å². The number of nitrogens with zero attached hydrogens (tertiary/aromatic N) is 2. The van der Waals surface area contributed by atoms with Gasteiger partial charge in [0, 0.05) is 12.1 Å². The van der Waals surface area contributed by atoms with Crippen LogP contribution in [0.2, 0.25) is 0 Å². The molecule has 0 aliphatic heterocycles. The fourth-order valence-corrected chi connectivity index (χ4v) is 3.77. The molecule has 4 aromatic rings. The lowest BCUT2D eigenvalue weighted by molar-refractivity contribution is -0.143. The van der Waals surface area contributed by atoms with Gasteiger partial charge in [0.2, 0.25) is 5.88 Å². The Bertz CT molecular complexity index is 1470. The zero-order valence-corrected chi connectivity index (χ0v) is 20.6. The van der Waals surface area contributed by atoms with Crippen LogP contribution >= 0.6 is 0 Å².